The van der Waals surface area contributed by atoms with Gasteiger partial charge in [-0.25, -0.2) is 0 Å². The van der Waals surface area contributed by atoms with E-state index in [2.05, 4.69) is 25.0 Å². The van der Waals surface area contributed by atoms with Crippen molar-refractivity contribution in [2.24, 2.45) is 10.3 Å². The van der Waals surface area contributed by atoms with Crippen molar-refractivity contribution in [3.63, 3.8) is 0 Å². The number of hydrogen-bond acceptors (Lipinski definition) is 5. The number of nitrogens with zero attached hydrogens (tertiary/aromatic N) is 3. The number of hydrogen-bond donors (Lipinski definition) is 0. The molecule has 0 atom stereocenters. The first-order valence-electron chi connectivity index (χ1n) is 5.26. The summed E-state index contributed by atoms with van der Waals surface area (Å²) in [7, 11) is 2.64. The van der Waals surface area contributed by atoms with Crippen LogP contribution in [0.3, 0.4) is 0 Å². The lowest BCUT2D eigenvalue weighted by Crippen LogP contribution is -2.10. The van der Waals surface area contributed by atoms with Crippen molar-refractivity contribution >= 4 is 24.0 Å². The Labute approximate surface area is 118 Å². The maximum atomic E-state index is 12.5. The summed E-state index contributed by atoms with van der Waals surface area (Å²) in [6, 6.07) is 0.790. The van der Waals surface area contributed by atoms with Gasteiger partial charge in [-0.2, -0.15) is 13.2 Å². The molecule has 0 aliphatic rings. The first kappa shape index (κ1) is 16.2. The molecule has 0 aliphatic carbocycles. The molecular formula is C11H11ClF3N3O2. The molecule has 0 saturated carbocycles. The van der Waals surface area contributed by atoms with Gasteiger partial charge in [0.15, 0.2) is 0 Å². The van der Waals surface area contributed by atoms with E-state index in [0.717, 1.165) is 6.07 Å². The van der Waals surface area contributed by atoms with Gasteiger partial charge in [0.25, 0.3) is 0 Å². The monoisotopic (exact) mass is 309 g/mol. The van der Waals surface area contributed by atoms with Gasteiger partial charge in [-0.3, -0.25) is 4.98 Å². The lowest BCUT2D eigenvalue weighted by Gasteiger charge is -2.11. The smallest absolute Gasteiger partial charge is 0.399 e. The fourth-order valence-corrected chi connectivity index (χ4v) is 1.57. The molecule has 0 amide bonds. The van der Waals surface area contributed by atoms with Crippen LogP contribution >= 0.6 is 11.6 Å². The predicted molar refractivity (Wildman–Crippen MR) is 68.0 cm³/mol. The van der Waals surface area contributed by atoms with E-state index in [1.54, 1.807) is 0 Å². The maximum Gasteiger partial charge on any atom is 0.417 e. The Hall–Kier alpha value is -1.83. The van der Waals surface area contributed by atoms with Crippen LogP contribution in [0.15, 0.2) is 22.6 Å². The molecule has 5 nitrogen and oxygen atoms in total. The third-order valence-electron chi connectivity index (χ3n) is 2.17. The molecule has 20 heavy (non-hydrogen) atoms. The molecule has 1 rings (SSSR count). The molecule has 9 heteroatoms. The van der Waals surface area contributed by atoms with E-state index >= 15 is 0 Å². The zero-order valence-electron chi connectivity index (χ0n) is 10.6. The van der Waals surface area contributed by atoms with Crippen LogP contribution in [0.1, 0.15) is 17.2 Å². The first-order valence-corrected chi connectivity index (χ1v) is 5.64. The molecule has 0 saturated heterocycles. The Kier molecular flexibility index (Phi) is 5.75. The Morgan fingerprint density at radius 3 is 2.20 bits per heavy atom. The summed E-state index contributed by atoms with van der Waals surface area (Å²) >= 11 is 5.82. The minimum absolute atomic E-state index is 0.154. The minimum Gasteiger partial charge on any atom is -0.399 e. The van der Waals surface area contributed by atoms with E-state index in [4.69, 9.17) is 11.6 Å². The van der Waals surface area contributed by atoms with Crippen LogP contribution < -0.4 is 0 Å². The van der Waals surface area contributed by atoms with Crippen molar-refractivity contribution < 1.29 is 22.8 Å². The third kappa shape index (κ3) is 4.37. The molecule has 0 spiro atoms. The molecule has 0 aromatic carbocycles. The van der Waals surface area contributed by atoms with Crippen LogP contribution in [0, 0.1) is 0 Å². The van der Waals surface area contributed by atoms with E-state index in [9.17, 15) is 13.2 Å². The molecule has 1 aromatic rings. The molecule has 110 valence electrons. The number of aromatic nitrogens is 1. The van der Waals surface area contributed by atoms with E-state index in [-0.39, 0.29) is 10.7 Å². The third-order valence-corrected chi connectivity index (χ3v) is 2.47. The summed E-state index contributed by atoms with van der Waals surface area (Å²) in [5.41, 5.74) is -0.779. The van der Waals surface area contributed by atoms with Gasteiger partial charge in [0.1, 0.15) is 14.2 Å². The fraction of sp³-hybridized carbons (Fsp3) is 0.364. The standard InChI is InChI=1S/C11H11ClF3N3O2/c1-19-17-4-7(5-18-20-2)10-9(12)3-8(6-16-10)11(13,14)15/h3-7H,1-2H3/b17-4-,18-5-. The summed E-state index contributed by atoms with van der Waals surface area (Å²) in [5, 5.41) is 6.88. The first-order chi connectivity index (χ1) is 9.40. The summed E-state index contributed by atoms with van der Waals surface area (Å²) in [6.07, 6.45) is -1.25. The molecule has 0 bridgehead atoms. The average Bonchev–Trinajstić information content (AvgIpc) is 2.38. The summed E-state index contributed by atoms with van der Waals surface area (Å²) < 4.78 is 37.5. The molecule has 0 fully saturated rings. The molecule has 0 radical (unpaired) electrons. The van der Waals surface area contributed by atoms with Gasteiger partial charge in [0.05, 0.1) is 34.6 Å². The zero-order valence-corrected chi connectivity index (χ0v) is 11.3. The molecular weight excluding hydrogens is 299 g/mol. The highest BCUT2D eigenvalue weighted by atomic mass is 35.5. The second-order valence-electron chi connectivity index (χ2n) is 3.49. The lowest BCUT2D eigenvalue weighted by molar-refractivity contribution is -0.137. The Morgan fingerprint density at radius 2 is 1.80 bits per heavy atom. The van der Waals surface area contributed by atoms with Crippen molar-refractivity contribution in [1.82, 2.24) is 4.98 Å². The normalized spacial score (nSPS) is 12.6. The van der Waals surface area contributed by atoms with Crippen LogP contribution in [0.2, 0.25) is 5.02 Å². The largest absolute Gasteiger partial charge is 0.417 e. The highest BCUT2D eigenvalue weighted by Crippen LogP contribution is 2.32. The van der Waals surface area contributed by atoms with Gasteiger partial charge in [-0.05, 0) is 6.07 Å². The van der Waals surface area contributed by atoms with Crippen LogP contribution in [-0.4, -0.2) is 31.6 Å². The quantitative estimate of drug-likeness (QED) is 0.620. The van der Waals surface area contributed by atoms with E-state index in [1.807, 2.05) is 0 Å². The van der Waals surface area contributed by atoms with Crippen LogP contribution in [0.4, 0.5) is 13.2 Å². The van der Waals surface area contributed by atoms with Gasteiger partial charge in [0, 0.05) is 6.20 Å². The maximum absolute atomic E-state index is 12.5. The van der Waals surface area contributed by atoms with Gasteiger partial charge < -0.3 is 9.68 Å². The summed E-state index contributed by atoms with van der Waals surface area (Å²) in [4.78, 5) is 12.7. The van der Waals surface area contributed by atoms with Crippen molar-refractivity contribution in [3.05, 3.63) is 28.5 Å². The van der Waals surface area contributed by atoms with Crippen LogP contribution in [-0.2, 0) is 15.9 Å². The molecule has 0 N–H and O–H groups in total. The second kappa shape index (κ2) is 7.09. The van der Waals surface area contributed by atoms with Gasteiger partial charge in [0.2, 0.25) is 0 Å². The van der Waals surface area contributed by atoms with Crippen molar-refractivity contribution in [3.8, 4) is 0 Å². The summed E-state index contributed by atoms with van der Waals surface area (Å²) in [6.45, 7) is 0. The Morgan fingerprint density at radius 1 is 1.25 bits per heavy atom. The number of oxime groups is 2. The second-order valence-corrected chi connectivity index (χ2v) is 3.90. The van der Waals surface area contributed by atoms with Crippen LogP contribution in [0.25, 0.3) is 0 Å². The van der Waals surface area contributed by atoms with Gasteiger partial charge in [-0.1, -0.05) is 21.9 Å². The molecule has 0 unspecified atom stereocenters. The predicted octanol–water partition coefficient (Wildman–Crippen LogP) is 3.10. The van der Waals surface area contributed by atoms with Crippen molar-refractivity contribution in [2.75, 3.05) is 14.2 Å². The molecule has 1 heterocycles. The Balaban J connectivity index is 3.14. The van der Waals surface area contributed by atoms with Gasteiger partial charge >= 0.3 is 6.18 Å². The average molecular weight is 310 g/mol. The number of alkyl halides is 3. The van der Waals surface area contributed by atoms with Crippen molar-refractivity contribution in [2.45, 2.75) is 12.1 Å². The minimum atomic E-state index is -4.51. The van der Waals surface area contributed by atoms with E-state index in [1.165, 1.54) is 26.6 Å². The van der Waals surface area contributed by atoms with E-state index < -0.39 is 17.7 Å². The summed E-state index contributed by atoms with van der Waals surface area (Å²) in [5.74, 6) is -0.676. The Bertz CT molecular complexity index is 492. The highest BCUT2D eigenvalue weighted by molar-refractivity contribution is 6.31. The van der Waals surface area contributed by atoms with Crippen LogP contribution in [0.5, 0.6) is 0 Å². The zero-order chi connectivity index (χ0) is 15.2. The fourth-order valence-electron chi connectivity index (χ4n) is 1.28. The topological polar surface area (TPSA) is 56.1 Å². The molecule has 0 aliphatic heterocycles. The van der Waals surface area contributed by atoms with Crippen molar-refractivity contribution in [1.29, 1.82) is 0 Å². The number of pyridine rings is 1. The highest BCUT2D eigenvalue weighted by Gasteiger charge is 2.32. The number of rotatable bonds is 5. The SMILES string of the molecule is CO/N=C\C(/C=N\OC)c1ncc(C(F)(F)F)cc1Cl. The number of halogens is 4. The lowest BCUT2D eigenvalue weighted by atomic mass is 10.1. The van der Waals surface area contributed by atoms with Gasteiger partial charge in [-0.15, -0.1) is 0 Å². The molecule has 1 aromatic heterocycles. The van der Waals surface area contributed by atoms with E-state index in [0.29, 0.717) is 6.20 Å².